The molecule has 1 aromatic carbocycles. The van der Waals surface area contributed by atoms with Crippen LogP contribution in [0.2, 0.25) is 0 Å². The lowest BCUT2D eigenvalue weighted by Gasteiger charge is -2.26. The topological polar surface area (TPSA) is 81.9 Å². The number of furan rings is 1. The average molecular weight is 366 g/mol. The van der Waals surface area contributed by atoms with Crippen LogP contribution in [0.5, 0.6) is 0 Å². The molecule has 0 N–H and O–H groups in total. The van der Waals surface area contributed by atoms with E-state index in [1.807, 2.05) is 18.2 Å². The van der Waals surface area contributed by atoms with Crippen LogP contribution >= 0.6 is 0 Å². The van der Waals surface area contributed by atoms with Crippen LogP contribution in [0.4, 0.5) is 0 Å². The van der Waals surface area contributed by atoms with Gasteiger partial charge in [0.25, 0.3) is 5.91 Å². The minimum absolute atomic E-state index is 0.226. The van der Waals surface area contributed by atoms with E-state index < -0.39 is 5.97 Å². The lowest BCUT2D eigenvalue weighted by molar-refractivity contribution is -0.138. The maximum absolute atomic E-state index is 12.7. The first-order chi connectivity index (χ1) is 13.2. The predicted octanol–water partition coefficient (Wildman–Crippen LogP) is 2.51. The van der Waals surface area contributed by atoms with Crippen molar-refractivity contribution in [2.75, 3.05) is 32.9 Å². The van der Waals surface area contributed by atoms with Crippen LogP contribution in [0.15, 0.2) is 53.1 Å². The summed E-state index contributed by atoms with van der Waals surface area (Å²) in [6, 6.07) is 12.4. The zero-order valence-electron chi connectivity index (χ0n) is 14.6. The van der Waals surface area contributed by atoms with Crippen molar-refractivity contribution in [3.05, 3.63) is 54.3 Å². The van der Waals surface area contributed by atoms with Crippen LogP contribution in [-0.4, -0.2) is 54.7 Å². The maximum Gasteiger partial charge on any atom is 0.339 e. The highest BCUT2D eigenvalue weighted by molar-refractivity contribution is 6.05. The zero-order chi connectivity index (χ0) is 18.6. The Hall–Kier alpha value is -3.19. The third kappa shape index (κ3) is 3.68. The molecule has 0 saturated carbocycles. The molecule has 4 rings (SSSR count). The molecule has 1 amide bonds. The van der Waals surface area contributed by atoms with Crippen molar-refractivity contribution in [2.24, 2.45) is 0 Å². The first kappa shape index (κ1) is 17.2. The van der Waals surface area contributed by atoms with E-state index in [4.69, 9.17) is 13.9 Å². The minimum Gasteiger partial charge on any atom is -0.463 e. The third-order valence-electron chi connectivity index (χ3n) is 4.40. The molecule has 0 aliphatic carbocycles. The molecule has 7 nitrogen and oxygen atoms in total. The Kier molecular flexibility index (Phi) is 4.84. The van der Waals surface area contributed by atoms with Gasteiger partial charge in [-0.2, -0.15) is 0 Å². The van der Waals surface area contributed by atoms with Gasteiger partial charge < -0.3 is 18.8 Å². The van der Waals surface area contributed by atoms with Crippen LogP contribution < -0.4 is 0 Å². The van der Waals surface area contributed by atoms with E-state index in [9.17, 15) is 9.59 Å². The fourth-order valence-electron chi connectivity index (χ4n) is 3.00. The zero-order valence-corrected chi connectivity index (χ0v) is 14.6. The number of nitrogens with zero attached hydrogens (tertiary/aromatic N) is 2. The molecule has 0 spiro atoms. The third-order valence-corrected chi connectivity index (χ3v) is 4.40. The van der Waals surface area contributed by atoms with E-state index in [0.29, 0.717) is 54.2 Å². The number of aromatic nitrogens is 1. The van der Waals surface area contributed by atoms with E-state index in [2.05, 4.69) is 4.98 Å². The number of benzene rings is 1. The molecule has 0 atom stereocenters. The number of morpholine rings is 1. The second kappa shape index (κ2) is 7.59. The fraction of sp³-hybridized carbons (Fsp3) is 0.250. The van der Waals surface area contributed by atoms with E-state index in [0.717, 1.165) is 0 Å². The molecule has 1 fully saturated rings. The number of carbonyl (C=O) groups is 2. The molecule has 3 heterocycles. The number of para-hydroxylation sites is 1. The van der Waals surface area contributed by atoms with Crippen LogP contribution in [0.1, 0.15) is 10.4 Å². The number of pyridine rings is 1. The molecular formula is C20H18N2O5. The van der Waals surface area contributed by atoms with Gasteiger partial charge in [0.15, 0.2) is 12.4 Å². The van der Waals surface area contributed by atoms with E-state index in [1.54, 1.807) is 35.4 Å². The van der Waals surface area contributed by atoms with Crippen LogP contribution in [0, 0.1) is 0 Å². The summed E-state index contributed by atoms with van der Waals surface area (Å²) in [4.78, 5) is 31.1. The van der Waals surface area contributed by atoms with Crippen molar-refractivity contribution < 1.29 is 23.5 Å². The number of hydrogen-bond acceptors (Lipinski definition) is 6. The number of esters is 1. The van der Waals surface area contributed by atoms with Crippen LogP contribution in [-0.2, 0) is 14.3 Å². The lowest BCUT2D eigenvalue weighted by Crippen LogP contribution is -2.42. The SMILES string of the molecule is O=C(OCC(=O)N1CCOCC1)c1cc(-c2ccco2)nc2ccccc12. The summed E-state index contributed by atoms with van der Waals surface area (Å²) in [6.07, 6.45) is 1.55. The van der Waals surface area contributed by atoms with Gasteiger partial charge in [0, 0.05) is 18.5 Å². The van der Waals surface area contributed by atoms with Gasteiger partial charge in [-0.3, -0.25) is 4.79 Å². The van der Waals surface area contributed by atoms with Gasteiger partial charge in [-0.25, -0.2) is 9.78 Å². The van der Waals surface area contributed by atoms with Crippen molar-refractivity contribution in [1.82, 2.24) is 9.88 Å². The van der Waals surface area contributed by atoms with Crippen molar-refractivity contribution >= 4 is 22.8 Å². The quantitative estimate of drug-likeness (QED) is 0.660. The monoisotopic (exact) mass is 366 g/mol. The van der Waals surface area contributed by atoms with Crippen LogP contribution in [0.25, 0.3) is 22.4 Å². The van der Waals surface area contributed by atoms with E-state index >= 15 is 0 Å². The largest absolute Gasteiger partial charge is 0.463 e. The Labute approximate surface area is 155 Å². The molecular weight excluding hydrogens is 348 g/mol. The van der Waals surface area contributed by atoms with Gasteiger partial charge in [0.05, 0.1) is 30.6 Å². The molecule has 1 saturated heterocycles. The number of hydrogen-bond donors (Lipinski definition) is 0. The first-order valence-corrected chi connectivity index (χ1v) is 8.69. The normalized spacial score (nSPS) is 14.3. The standard InChI is InChI=1S/C20H18N2O5/c23-19(22-7-10-25-11-8-22)13-27-20(24)15-12-17(18-6-3-9-26-18)21-16-5-2-1-4-14(15)16/h1-6,9,12H,7-8,10-11,13H2. The summed E-state index contributed by atoms with van der Waals surface area (Å²) in [5, 5.41) is 0.664. The Bertz CT molecular complexity index is 962. The minimum atomic E-state index is -0.567. The molecule has 0 unspecified atom stereocenters. The van der Waals surface area contributed by atoms with E-state index in [-0.39, 0.29) is 12.5 Å². The molecule has 138 valence electrons. The molecule has 2 aromatic heterocycles. The predicted molar refractivity (Wildman–Crippen MR) is 97.1 cm³/mol. The van der Waals surface area contributed by atoms with Gasteiger partial charge >= 0.3 is 5.97 Å². The summed E-state index contributed by atoms with van der Waals surface area (Å²) in [7, 11) is 0. The van der Waals surface area contributed by atoms with Crippen LogP contribution in [0.3, 0.4) is 0 Å². The smallest absolute Gasteiger partial charge is 0.339 e. The van der Waals surface area contributed by atoms with Gasteiger partial charge in [0.1, 0.15) is 5.69 Å². The highest BCUT2D eigenvalue weighted by Crippen LogP contribution is 2.25. The van der Waals surface area contributed by atoms with Gasteiger partial charge in [-0.15, -0.1) is 0 Å². The second-order valence-electron chi connectivity index (χ2n) is 6.12. The van der Waals surface area contributed by atoms with Crippen molar-refractivity contribution in [1.29, 1.82) is 0 Å². The summed E-state index contributed by atoms with van der Waals surface area (Å²) >= 11 is 0. The Balaban J connectivity index is 1.58. The molecule has 7 heteroatoms. The molecule has 0 radical (unpaired) electrons. The highest BCUT2D eigenvalue weighted by atomic mass is 16.5. The van der Waals surface area contributed by atoms with Gasteiger partial charge in [0.2, 0.25) is 0 Å². The van der Waals surface area contributed by atoms with Gasteiger partial charge in [-0.05, 0) is 24.3 Å². The molecule has 1 aliphatic heterocycles. The molecule has 27 heavy (non-hydrogen) atoms. The van der Waals surface area contributed by atoms with Crippen molar-refractivity contribution in [3.8, 4) is 11.5 Å². The maximum atomic E-state index is 12.7. The number of amides is 1. The van der Waals surface area contributed by atoms with E-state index in [1.165, 1.54) is 0 Å². The second-order valence-corrected chi connectivity index (χ2v) is 6.12. The fourth-order valence-corrected chi connectivity index (χ4v) is 3.00. The Morgan fingerprint density at radius 2 is 1.93 bits per heavy atom. The Morgan fingerprint density at radius 1 is 1.11 bits per heavy atom. The average Bonchev–Trinajstić information content (AvgIpc) is 3.26. The number of carbonyl (C=O) groups excluding carboxylic acids is 2. The molecule has 0 bridgehead atoms. The number of rotatable bonds is 4. The summed E-state index contributed by atoms with van der Waals surface area (Å²) < 4.78 is 15.9. The van der Waals surface area contributed by atoms with Crippen molar-refractivity contribution in [2.45, 2.75) is 0 Å². The summed E-state index contributed by atoms with van der Waals surface area (Å²) in [6.45, 7) is 1.72. The lowest BCUT2D eigenvalue weighted by atomic mass is 10.1. The number of fused-ring (bicyclic) bond motifs is 1. The number of ether oxygens (including phenoxy) is 2. The molecule has 3 aromatic rings. The Morgan fingerprint density at radius 3 is 2.70 bits per heavy atom. The van der Waals surface area contributed by atoms with Crippen molar-refractivity contribution in [3.63, 3.8) is 0 Å². The molecule has 1 aliphatic rings. The summed E-state index contributed by atoms with van der Waals surface area (Å²) in [5.41, 5.74) is 1.53. The summed E-state index contributed by atoms with van der Waals surface area (Å²) in [5.74, 6) is -0.238. The highest BCUT2D eigenvalue weighted by Gasteiger charge is 2.21. The van der Waals surface area contributed by atoms with Gasteiger partial charge in [-0.1, -0.05) is 18.2 Å². The first-order valence-electron chi connectivity index (χ1n) is 8.69.